The Morgan fingerprint density at radius 2 is 1.30 bits per heavy atom. The van der Waals surface area contributed by atoms with E-state index in [1.54, 1.807) is 18.2 Å². The highest BCUT2D eigenvalue weighted by Crippen LogP contribution is 2.53. The number of hydrogen-bond acceptors (Lipinski definition) is 4. The molecule has 2 unspecified atom stereocenters. The normalized spacial score (nSPS) is 20.7. The fraction of sp³-hybridized carbons (Fsp3) is 0.462. The molecule has 0 aliphatic heterocycles. The van der Waals surface area contributed by atoms with Gasteiger partial charge in [0.25, 0.3) is 0 Å². The highest BCUT2D eigenvalue weighted by Gasteiger charge is 2.44. The summed E-state index contributed by atoms with van der Waals surface area (Å²) in [6.07, 6.45) is 0. The number of fused-ring (bicyclic) bond motifs is 1. The SMILES string of the molecule is CC1C(c2ccc(C(=O)C(C)(C)O)cc2)c2cc(C(=O)C(C)(C)O)ccc2C1(C)C. The lowest BCUT2D eigenvalue weighted by molar-refractivity contribution is 0.0487. The van der Waals surface area contributed by atoms with Gasteiger partial charge in [-0.1, -0.05) is 57.2 Å². The van der Waals surface area contributed by atoms with Crippen molar-refractivity contribution >= 4 is 11.6 Å². The highest BCUT2D eigenvalue weighted by atomic mass is 16.3. The molecule has 2 aromatic carbocycles. The largest absolute Gasteiger partial charge is 0.382 e. The average Bonchev–Trinajstić information content (AvgIpc) is 2.85. The summed E-state index contributed by atoms with van der Waals surface area (Å²) in [7, 11) is 0. The highest BCUT2D eigenvalue weighted by molar-refractivity contribution is 6.02. The Kier molecular flexibility index (Phi) is 5.33. The van der Waals surface area contributed by atoms with Crippen molar-refractivity contribution in [3.8, 4) is 0 Å². The lowest BCUT2D eigenvalue weighted by Crippen LogP contribution is -2.31. The molecular formula is C26H32O4. The van der Waals surface area contributed by atoms with Crippen LogP contribution in [-0.2, 0) is 5.41 Å². The van der Waals surface area contributed by atoms with E-state index >= 15 is 0 Å². The zero-order valence-corrected chi connectivity index (χ0v) is 18.9. The number of rotatable bonds is 5. The topological polar surface area (TPSA) is 74.6 Å². The van der Waals surface area contributed by atoms with Crippen LogP contribution in [0, 0.1) is 5.92 Å². The molecule has 0 amide bonds. The van der Waals surface area contributed by atoms with E-state index in [9.17, 15) is 19.8 Å². The van der Waals surface area contributed by atoms with E-state index in [1.807, 2.05) is 24.3 Å². The summed E-state index contributed by atoms with van der Waals surface area (Å²) in [6.45, 7) is 12.6. The quantitative estimate of drug-likeness (QED) is 0.706. The van der Waals surface area contributed by atoms with Crippen LogP contribution in [-0.4, -0.2) is 33.0 Å². The maximum absolute atomic E-state index is 12.7. The van der Waals surface area contributed by atoms with Crippen LogP contribution < -0.4 is 0 Å². The molecule has 4 heteroatoms. The van der Waals surface area contributed by atoms with E-state index in [0.29, 0.717) is 11.1 Å². The monoisotopic (exact) mass is 408 g/mol. The van der Waals surface area contributed by atoms with Crippen molar-refractivity contribution in [2.75, 3.05) is 0 Å². The van der Waals surface area contributed by atoms with E-state index < -0.39 is 11.2 Å². The molecule has 2 aromatic rings. The lowest BCUT2D eigenvalue weighted by Gasteiger charge is -2.28. The van der Waals surface area contributed by atoms with Crippen molar-refractivity contribution in [2.24, 2.45) is 5.92 Å². The molecule has 0 aromatic heterocycles. The Morgan fingerprint density at radius 3 is 1.80 bits per heavy atom. The Balaban J connectivity index is 2.07. The molecule has 0 fully saturated rings. The maximum Gasteiger partial charge on any atom is 0.193 e. The molecule has 2 N–H and O–H groups in total. The number of aliphatic hydroxyl groups is 2. The van der Waals surface area contributed by atoms with E-state index in [4.69, 9.17) is 0 Å². The molecule has 1 aliphatic rings. The van der Waals surface area contributed by atoms with Gasteiger partial charge in [0, 0.05) is 17.0 Å². The second kappa shape index (κ2) is 7.14. The van der Waals surface area contributed by atoms with Crippen LogP contribution in [0.15, 0.2) is 42.5 Å². The zero-order valence-electron chi connectivity index (χ0n) is 18.9. The molecule has 2 atom stereocenters. The van der Waals surface area contributed by atoms with Crippen LogP contribution in [0.5, 0.6) is 0 Å². The first-order valence-corrected chi connectivity index (χ1v) is 10.4. The van der Waals surface area contributed by atoms with Crippen molar-refractivity contribution in [2.45, 2.75) is 71.0 Å². The Hall–Kier alpha value is -2.30. The van der Waals surface area contributed by atoms with Gasteiger partial charge in [-0.05, 0) is 61.8 Å². The predicted octanol–water partition coefficient (Wildman–Crippen LogP) is 4.65. The molecule has 0 radical (unpaired) electrons. The zero-order chi connectivity index (χ0) is 22.6. The minimum atomic E-state index is -1.43. The summed E-state index contributed by atoms with van der Waals surface area (Å²) >= 11 is 0. The molecule has 0 saturated carbocycles. The van der Waals surface area contributed by atoms with E-state index in [2.05, 4.69) is 20.8 Å². The molecule has 3 rings (SSSR count). The van der Waals surface area contributed by atoms with Gasteiger partial charge in [-0.3, -0.25) is 9.59 Å². The van der Waals surface area contributed by atoms with Crippen LogP contribution in [0.1, 0.15) is 91.8 Å². The first-order valence-electron chi connectivity index (χ1n) is 10.4. The molecule has 1 aliphatic carbocycles. The minimum Gasteiger partial charge on any atom is -0.382 e. The maximum atomic E-state index is 12.7. The number of ketones is 2. The van der Waals surface area contributed by atoms with Gasteiger partial charge in [-0.15, -0.1) is 0 Å². The second-order valence-electron chi connectivity index (χ2n) is 10.2. The predicted molar refractivity (Wildman–Crippen MR) is 118 cm³/mol. The van der Waals surface area contributed by atoms with E-state index in [1.165, 1.54) is 33.3 Å². The van der Waals surface area contributed by atoms with E-state index in [-0.39, 0.29) is 28.8 Å². The van der Waals surface area contributed by atoms with Gasteiger partial charge in [0.15, 0.2) is 11.6 Å². The van der Waals surface area contributed by atoms with Crippen molar-refractivity contribution < 1.29 is 19.8 Å². The van der Waals surface area contributed by atoms with Crippen LogP contribution >= 0.6 is 0 Å². The van der Waals surface area contributed by atoms with Gasteiger partial charge in [-0.2, -0.15) is 0 Å². The molecule has 0 spiro atoms. The summed E-state index contributed by atoms with van der Waals surface area (Å²) in [4.78, 5) is 25.0. The Labute approximate surface area is 179 Å². The third-order valence-corrected chi connectivity index (χ3v) is 6.62. The number of carbonyl (C=O) groups excluding carboxylic acids is 2. The van der Waals surface area contributed by atoms with Gasteiger partial charge < -0.3 is 10.2 Å². The number of Topliss-reactive ketones (excluding diaryl/α,β-unsaturated/α-hetero) is 2. The van der Waals surface area contributed by atoms with Gasteiger partial charge in [0.2, 0.25) is 0 Å². The molecule has 30 heavy (non-hydrogen) atoms. The van der Waals surface area contributed by atoms with Crippen molar-refractivity contribution in [1.82, 2.24) is 0 Å². The summed E-state index contributed by atoms with van der Waals surface area (Å²) in [5.41, 5.74) is 1.40. The number of carbonyl (C=O) groups is 2. The van der Waals surface area contributed by atoms with Crippen LogP contribution in [0.4, 0.5) is 0 Å². The molecule has 0 heterocycles. The molecular weight excluding hydrogens is 376 g/mol. The average molecular weight is 409 g/mol. The molecule has 4 nitrogen and oxygen atoms in total. The van der Waals surface area contributed by atoms with E-state index in [0.717, 1.165) is 11.1 Å². The van der Waals surface area contributed by atoms with Crippen LogP contribution in [0.2, 0.25) is 0 Å². The van der Waals surface area contributed by atoms with Crippen molar-refractivity contribution in [1.29, 1.82) is 0 Å². The fourth-order valence-electron chi connectivity index (χ4n) is 4.50. The smallest absolute Gasteiger partial charge is 0.193 e. The second-order valence-corrected chi connectivity index (χ2v) is 10.2. The summed E-state index contributed by atoms with van der Waals surface area (Å²) in [5.74, 6) is -0.272. The summed E-state index contributed by atoms with van der Waals surface area (Å²) < 4.78 is 0. The summed E-state index contributed by atoms with van der Waals surface area (Å²) in [5, 5.41) is 20.2. The van der Waals surface area contributed by atoms with Gasteiger partial charge in [0.05, 0.1) is 0 Å². The number of hydrogen-bond donors (Lipinski definition) is 2. The Bertz CT molecular complexity index is 985. The molecule has 0 bridgehead atoms. The van der Waals surface area contributed by atoms with Crippen LogP contribution in [0.3, 0.4) is 0 Å². The number of benzene rings is 2. The van der Waals surface area contributed by atoms with Crippen molar-refractivity contribution in [3.63, 3.8) is 0 Å². The van der Waals surface area contributed by atoms with Crippen molar-refractivity contribution in [3.05, 3.63) is 70.3 Å². The third-order valence-electron chi connectivity index (χ3n) is 6.62. The first kappa shape index (κ1) is 22.4. The van der Waals surface area contributed by atoms with Gasteiger partial charge in [0.1, 0.15) is 11.2 Å². The standard InChI is InChI=1S/C26H32O4/c1-15-21(16-8-10-17(11-9-16)22(27)25(4,5)29)19-14-18(23(28)26(6,7)30)12-13-20(19)24(15,2)3/h8-15,21,29-30H,1-7H3. The van der Waals surface area contributed by atoms with Gasteiger partial charge >= 0.3 is 0 Å². The fourth-order valence-corrected chi connectivity index (χ4v) is 4.50. The molecule has 0 saturated heterocycles. The first-order chi connectivity index (χ1) is 13.7. The lowest BCUT2D eigenvalue weighted by atomic mass is 9.75. The summed E-state index contributed by atoms with van der Waals surface area (Å²) in [6, 6.07) is 13.1. The van der Waals surface area contributed by atoms with Gasteiger partial charge in [-0.25, -0.2) is 0 Å². The molecule has 160 valence electrons. The Morgan fingerprint density at radius 1 is 0.833 bits per heavy atom. The minimum absolute atomic E-state index is 0.0656. The third kappa shape index (κ3) is 3.75. The van der Waals surface area contributed by atoms with Crippen LogP contribution in [0.25, 0.3) is 0 Å².